The summed E-state index contributed by atoms with van der Waals surface area (Å²) >= 11 is 0. The summed E-state index contributed by atoms with van der Waals surface area (Å²) in [5, 5.41) is 7.76. The molecule has 4 heteroatoms. The Morgan fingerprint density at radius 1 is 1.47 bits per heavy atom. The molecule has 1 heterocycles. The van der Waals surface area contributed by atoms with Gasteiger partial charge < -0.3 is 5.32 Å². The van der Waals surface area contributed by atoms with Gasteiger partial charge in [-0.1, -0.05) is 12.8 Å². The van der Waals surface area contributed by atoms with Crippen molar-refractivity contribution in [2.75, 3.05) is 7.05 Å². The fourth-order valence-corrected chi connectivity index (χ4v) is 2.24. The Labute approximate surface area is 97.7 Å². The zero-order valence-corrected chi connectivity index (χ0v) is 10.3. The third kappa shape index (κ3) is 2.73. The molecule has 0 radical (unpaired) electrons. The summed E-state index contributed by atoms with van der Waals surface area (Å²) in [6.45, 7) is 3.02. The zero-order valence-electron chi connectivity index (χ0n) is 9.49. The fraction of sp³-hybridized carbons (Fsp3) is 0.727. The first-order valence-electron chi connectivity index (χ1n) is 5.50. The number of hydrogen-bond donors (Lipinski definition) is 1. The second-order valence-electron chi connectivity index (χ2n) is 4.19. The van der Waals surface area contributed by atoms with Crippen LogP contribution in [0.2, 0.25) is 0 Å². The molecule has 0 aromatic carbocycles. The number of aryl methyl sites for hydroxylation is 1. The molecule has 1 fully saturated rings. The largest absolute Gasteiger partial charge is 0.316 e. The molecule has 15 heavy (non-hydrogen) atoms. The second kappa shape index (κ2) is 5.52. The van der Waals surface area contributed by atoms with Crippen LogP contribution in [0.4, 0.5) is 0 Å². The molecule has 1 aliphatic rings. The molecule has 0 aliphatic heterocycles. The van der Waals surface area contributed by atoms with E-state index in [1.54, 1.807) is 0 Å². The van der Waals surface area contributed by atoms with Crippen LogP contribution in [0.25, 0.3) is 0 Å². The van der Waals surface area contributed by atoms with Crippen LogP contribution in [0.5, 0.6) is 0 Å². The lowest BCUT2D eigenvalue weighted by Crippen LogP contribution is -2.06. The predicted octanol–water partition coefficient (Wildman–Crippen LogP) is 2.45. The highest BCUT2D eigenvalue weighted by atomic mass is 35.5. The standard InChI is InChI=1S/C11H19N3.ClH/c1-9-10(7-12-2)8-14(13-9)11-5-3-4-6-11;/h8,11-12H,3-7H2,1-2H3;1H. The number of rotatable bonds is 3. The summed E-state index contributed by atoms with van der Waals surface area (Å²) in [6, 6.07) is 0.666. The van der Waals surface area contributed by atoms with Gasteiger partial charge in [-0.25, -0.2) is 0 Å². The molecule has 3 nitrogen and oxygen atoms in total. The van der Waals surface area contributed by atoms with Crippen LogP contribution < -0.4 is 5.32 Å². The Balaban J connectivity index is 0.00000112. The van der Waals surface area contributed by atoms with Crippen LogP contribution >= 0.6 is 12.4 Å². The van der Waals surface area contributed by atoms with Gasteiger partial charge in [-0.15, -0.1) is 12.4 Å². The van der Waals surface area contributed by atoms with Gasteiger partial charge in [0.15, 0.2) is 0 Å². The SMILES string of the molecule is CNCc1cn(C2CCCC2)nc1C.Cl. The van der Waals surface area contributed by atoms with Gasteiger partial charge in [0, 0.05) is 18.3 Å². The first kappa shape index (κ1) is 12.5. The van der Waals surface area contributed by atoms with Crippen LogP contribution in [-0.2, 0) is 6.54 Å². The topological polar surface area (TPSA) is 29.9 Å². The molecule has 0 amide bonds. The Bertz CT molecular complexity index is 303. The summed E-state index contributed by atoms with van der Waals surface area (Å²) in [5.74, 6) is 0. The summed E-state index contributed by atoms with van der Waals surface area (Å²) in [5.41, 5.74) is 2.51. The molecule has 1 saturated carbocycles. The zero-order chi connectivity index (χ0) is 9.97. The molecule has 1 aromatic heterocycles. The first-order valence-corrected chi connectivity index (χ1v) is 5.50. The molecule has 0 saturated heterocycles. The maximum Gasteiger partial charge on any atom is 0.0638 e. The van der Waals surface area contributed by atoms with E-state index in [4.69, 9.17) is 0 Å². The monoisotopic (exact) mass is 229 g/mol. The van der Waals surface area contributed by atoms with Crippen LogP contribution in [0, 0.1) is 6.92 Å². The van der Waals surface area contributed by atoms with Crippen LogP contribution in [0.3, 0.4) is 0 Å². The van der Waals surface area contributed by atoms with Crippen LogP contribution in [-0.4, -0.2) is 16.8 Å². The normalized spacial score (nSPS) is 16.7. The average molecular weight is 230 g/mol. The van der Waals surface area contributed by atoms with E-state index in [1.165, 1.54) is 36.9 Å². The first-order chi connectivity index (χ1) is 6.81. The molecular weight excluding hydrogens is 210 g/mol. The van der Waals surface area contributed by atoms with Crippen molar-refractivity contribution in [1.82, 2.24) is 15.1 Å². The van der Waals surface area contributed by atoms with E-state index >= 15 is 0 Å². The Morgan fingerprint density at radius 2 is 2.13 bits per heavy atom. The lowest BCUT2D eigenvalue weighted by atomic mass is 10.2. The number of aromatic nitrogens is 2. The highest BCUT2D eigenvalue weighted by molar-refractivity contribution is 5.85. The van der Waals surface area contributed by atoms with Gasteiger partial charge in [0.1, 0.15) is 0 Å². The summed E-state index contributed by atoms with van der Waals surface area (Å²) in [4.78, 5) is 0. The van der Waals surface area contributed by atoms with Crippen LogP contribution in [0.15, 0.2) is 6.20 Å². The predicted molar refractivity (Wildman–Crippen MR) is 64.5 cm³/mol. The number of nitrogens with one attached hydrogen (secondary N) is 1. The molecule has 0 unspecified atom stereocenters. The highest BCUT2D eigenvalue weighted by Crippen LogP contribution is 2.29. The van der Waals surface area contributed by atoms with E-state index in [1.807, 2.05) is 7.05 Å². The third-order valence-electron chi connectivity index (χ3n) is 3.08. The summed E-state index contributed by atoms with van der Waals surface area (Å²) < 4.78 is 2.18. The molecule has 1 N–H and O–H groups in total. The lowest BCUT2D eigenvalue weighted by Gasteiger charge is -2.08. The molecule has 1 aliphatic carbocycles. The maximum atomic E-state index is 4.59. The molecule has 0 bridgehead atoms. The van der Waals surface area contributed by atoms with Crippen molar-refractivity contribution in [2.45, 2.75) is 45.2 Å². The Morgan fingerprint density at radius 3 is 2.73 bits per heavy atom. The van der Waals surface area contributed by atoms with Crippen LogP contribution in [0.1, 0.15) is 43.0 Å². The van der Waals surface area contributed by atoms with E-state index in [9.17, 15) is 0 Å². The fourth-order valence-electron chi connectivity index (χ4n) is 2.24. The van der Waals surface area contributed by atoms with E-state index in [-0.39, 0.29) is 12.4 Å². The second-order valence-corrected chi connectivity index (χ2v) is 4.19. The summed E-state index contributed by atoms with van der Waals surface area (Å²) in [7, 11) is 1.98. The quantitative estimate of drug-likeness (QED) is 0.863. The maximum absolute atomic E-state index is 4.59. The van der Waals surface area contributed by atoms with Gasteiger partial charge in [0.25, 0.3) is 0 Å². The summed E-state index contributed by atoms with van der Waals surface area (Å²) in [6.07, 6.45) is 7.55. The third-order valence-corrected chi connectivity index (χ3v) is 3.08. The van der Waals surface area contributed by atoms with Gasteiger partial charge in [-0.3, -0.25) is 4.68 Å². The van der Waals surface area contributed by atoms with Gasteiger partial charge in [0.2, 0.25) is 0 Å². The molecule has 2 rings (SSSR count). The Hall–Kier alpha value is -0.540. The van der Waals surface area contributed by atoms with Gasteiger partial charge >= 0.3 is 0 Å². The van der Waals surface area contributed by atoms with Crippen molar-refractivity contribution in [3.05, 3.63) is 17.5 Å². The van der Waals surface area contributed by atoms with Gasteiger partial charge in [-0.05, 0) is 26.8 Å². The number of hydrogen-bond acceptors (Lipinski definition) is 2. The van der Waals surface area contributed by atoms with Crippen molar-refractivity contribution in [3.63, 3.8) is 0 Å². The van der Waals surface area contributed by atoms with Crippen molar-refractivity contribution in [1.29, 1.82) is 0 Å². The highest BCUT2D eigenvalue weighted by Gasteiger charge is 2.18. The average Bonchev–Trinajstić information content (AvgIpc) is 2.76. The van der Waals surface area contributed by atoms with Gasteiger partial charge in [0.05, 0.1) is 11.7 Å². The minimum atomic E-state index is 0. The molecular formula is C11H20ClN3. The van der Waals surface area contributed by atoms with E-state index in [0.29, 0.717) is 6.04 Å². The Kier molecular flexibility index (Phi) is 4.61. The smallest absolute Gasteiger partial charge is 0.0638 e. The number of nitrogens with zero attached hydrogens (tertiary/aromatic N) is 2. The van der Waals surface area contributed by atoms with Crippen molar-refractivity contribution < 1.29 is 0 Å². The van der Waals surface area contributed by atoms with E-state index in [0.717, 1.165) is 6.54 Å². The molecule has 0 atom stereocenters. The van der Waals surface area contributed by atoms with E-state index in [2.05, 4.69) is 28.2 Å². The number of halogens is 1. The van der Waals surface area contributed by atoms with Crippen molar-refractivity contribution >= 4 is 12.4 Å². The molecule has 1 aromatic rings. The minimum Gasteiger partial charge on any atom is -0.316 e. The lowest BCUT2D eigenvalue weighted by molar-refractivity contribution is 0.464. The van der Waals surface area contributed by atoms with Gasteiger partial charge in [-0.2, -0.15) is 5.10 Å². The minimum absolute atomic E-state index is 0. The molecule has 0 spiro atoms. The van der Waals surface area contributed by atoms with Crippen molar-refractivity contribution in [3.8, 4) is 0 Å². The van der Waals surface area contributed by atoms with Crippen molar-refractivity contribution in [2.24, 2.45) is 0 Å². The molecule has 86 valence electrons. The van der Waals surface area contributed by atoms with E-state index < -0.39 is 0 Å².